The third-order valence-corrected chi connectivity index (χ3v) is 5.58. The minimum Gasteiger partial charge on any atom is -0.478 e. The predicted molar refractivity (Wildman–Crippen MR) is 112 cm³/mol. The number of benzene rings is 3. The van der Waals surface area contributed by atoms with Gasteiger partial charge in [-0.3, -0.25) is 10.1 Å². The lowest BCUT2D eigenvalue weighted by Crippen LogP contribution is -2.40. The fraction of sp³-hybridized carbons (Fsp3) is 0.167. The van der Waals surface area contributed by atoms with Gasteiger partial charge in [-0.2, -0.15) is 0 Å². The van der Waals surface area contributed by atoms with Crippen molar-refractivity contribution in [2.45, 2.75) is 25.0 Å². The second-order valence-corrected chi connectivity index (χ2v) is 7.27. The number of nitrogens with zero attached hydrogens (tertiary/aromatic N) is 1. The van der Waals surface area contributed by atoms with E-state index >= 15 is 0 Å². The van der Waals surface area contributed by atoms with E-state index in [0.29, 0.717) is 16.9 Å². The van der Waals surface area contributed by atoms with Crippen molar-refractivity contribution in [3.05, 3.63) is 111 Å². The second-order valence-electron chi connectivity index (χ2n) is 7.27. The van der Waals surface area contributed by atoms with E-state index in [9.17, 15) is 11.5 Å². The van der Waals surface area contributed by atoms with Crippen LogP contribution in [-0.4, -0.2) is 15.9 Å². The summed E-state index contributed by atoms with van der Waals surface area (Å²) in [6.45, 7) is 1.91. The van der Waals surface area contributed by atoms with Crippen LogP contribution in [0.3, 0.4) is 0 Å². The first-order valence-electron chi connectivity index (χ1n) is 10.0. The molecule has 0 saturated carbocycles. The molecule has 1 aliphatic rings. The van der Waals surface area contributed by atoms with E-state index in [4.69, 9.17) is 4.74 Å². The Morgan fingerprint density at radius 2 is 1.69 bits per heavy atom. The first kappa shape index (κ1) is 16.4. The minimum absolute atomic E-state index is 0.494. The van der Waals surface area contributed by atoms with Gasteiger partial charge in [-0.15, -0.1) is 0 Å². The molecule has 3 aromatic carbocycles. The van der Waals surface area contributed by atoms with Crippen molar-refractivity contribution >= 4 is 10.9 Å². The number of para-hydroxylation sites is 2. The molecule has 0 spiro atoms. The summed E-state index contributed by atoms with van der Waals surface area (Å²) in [5.74, 6) is -0.232. The fourth-order valence-corrected chi connectivity index (χ4v) is 4.37. The predicted octanol–water partition coefficient (Wildman–Crippen LogP) is 5.39. The highest BCUT2D eigenvalue weighted by atomic mass is 16.6. The van der Waals surface area contributed by atoms with Crippen molar-refractivity contribution in [3.8, 4) is 5.75 Å². The Labute approximate surface area is 169 Å². The first-order valence-corrected chi connectivity index (χ1v) is 9.54. The van der Waals surface area contributed by atoms with Crippen molar-refractivity contribution in [1.29, 1.82) is 0 Å². The maximum atomic E-state index is 12.6. The molecule has 0 bridgehead atoms. The molecule has 0 radical (unpaired) electrons. The Hall–Kier alpha value is -3.60. The van der Waals surface area contributed by atoms with Gasteiger partial charge in [0.05, 0.1) is 5.92 Å². The molecular weight excluding hydrogens is 364 g/mol. The van der Waals surface area contributed by atoms with Crippen molar-refractivity contribution in [2.75, 3.05) is 0 Å². The molecule has 4 aromatic rings. The molecule has 0 aliphatic carbocycles. The quantitative estimate of drug-likeness (QED) is 0.380. The van der Waals surface area contributed by atoms with Crippen LogP contribution in [-0.2, 0) is 0 Å². The maximum absolute atomic E-state index is 12.6. The number of nitro groups is 1. The average Bonchev–Trinajstić information content (AvgIpc) is 3.09. The Morgan fingerprint density at radius 3 is 2.48 bits per heavy atom. The molecule has 0 amide bonds. The number of nitrogens with one attached hydrogen (secondary N) is 1. The van der Waals surface area contributed by atoms with E-state index in [-0.39, 0.29) is 0 Å². The summed E-state index contributed by atoms with van der Waals surface area (Å²) in [6, 6.07) is 22.0. The van der Waals surface area contributed by atoms with Crippen LogP contribution in [0.5, 0.6) is 5.75 Å². The molecule has 1 aliphatic heterocycles. The van der Waals surface area contributed by atoms with Crippen LogP contribution in [0.4, 0.5) is 0 Å². The Balaban J connectivity index is 1.84. The maximum Gasteiger partial charge on any atom is 0.264 e. The third-order valence-electron chi connectivity index (χ3n) is 5.58. The van der Waals surface area contributed by atoms with Gasteiger partial charge < -0.3 is 9.72 Å². The zero-order valence-corrected chi connectivity index (χ0v) is 15.8. The highest BCUT2D eigenvalue weighted by Crippen LogP contribution is 2.48. The second kappa shape index (κ2) is 6.78. The lowest BCUT2D eigenvalue weighted by molar-refractivity contribution is -0.538. The number of aromatic amines is 1. The van der Waals surface area contributed by atoms with Gasteiger partial charge in [0.25, 0.3) is 6.02 Å². The standard InChI is InChI=1S/C24H20N2O3/c1-15-21(17-11-5-7-13-19(17)25-15)22-18-12-6-8-14-20(18)29-24(23(22)26(27)28)16-9-3-2-4-10-16/h2-14,22-25H,1H3/t22-,23-,24-/m1/s1/i23D. The van der Waals surface area contributed by atoms with Crippen molar-refractivity contribution in [2.24, 2.45) is 0 Å². The number of H-pyrrole nitrogens is 1. The average molecular weight is 385 g/mol. The van der Waals surface area contributed by atoms with Gasteiger partial charge in [-0.05, 0) is 30.2 Å². The van der Waals surface area contributed by atoms with Crippen molar-refractivity contribution in [3.63, 3.8) is 0 Å². The van der Waals surface area contributed by atoms with E-state index in [2.05, 4.69) is 4.98 Å². The van der Waals surface area contributed by atoms with Crippen LogP contribution < -0.4 is 4.74 Å². The largest absolute Gasteiger partial charge is 0.478 e. The summed E-state index contributed by atoms with van der Waals surface area (Å²) in [6.07, 6.45) is -1.05. The molecule has 5 heteroatoms. The lowest BCUT2D eigenvalue weighted by atomic mass is 9.78. The molecule has 29 heavy (non-hydrogen) atoms. The molecule has 3 atom stereocenters. The first-order chi connectivity index (χ1) is 14.5. The molecule has 5 rings (SSSR count). The van der Waals surface area contributed by atoms with Gasteiger partial charge in [0.2, 0.25) is 0 Å². The topological polar surface area (TPSA) is 68.2 Å². The van der Waals surface area contributed by atoms with E-state index < -0.39 is 23.0 Å². The molecule has 0 saturated heterocycles. The number of hydrogen-bond donors (Lipinski definition) is 1. The zero-order chi connectivity index (χ0) is 20.9. The number of aromatic nitrogens is 1. The van der Waals surface area contributed by atoms with Crippen LogP contribution in [0, 0.1) is 17.0 Å². The van der Waals surface area contributed by atoms with Gasteiger partial charge in [0.1, 0.15) is 7.12 Å². The SMILES string of the molecule is [2H][C@@]1([N+](=O)[O-])[C@@H](c2c(C)[nH]c3ccccc23)c2ccccc2O[C@@H]1c1ccccc1. The minimum atomic E-state index is -2.15. The summed E-state index contributed by atoms with van der Waals surface area (Å²) in [7, 11) is 0. The van der Waals surface area contributed by atoms with Gasteiger partial charge in [-0.25, -0.2) is 0 Å². The number of aryl methyl sites for hydroxylation is 1. The van der Waals surface area contributed by atoms with Gasteiger partial charge in [0.15, 0.2) is 6.10 Å². The summed E-state index contributed by atoms with van der Waals surface area (Å²) in [5.41, 5.74) is 3.76. The van der Waals surface area contributed by atoms with E-state index in [1.807, 2.05) is 73.7 Å². The Bertz CT molecular complexity index is 1250. The molecule has 0 unspecified atom stereocenters. The third kappa shape index (κ3) is 2.78. The number of ether oxygens (including phenoxy) is 1. The van der Waals surface area contributed by atoms with Crippen LogP contribution in [0.15, 0.2) is 78.9 Å². The van der Waals surface area contributed by atoms with Crippen LogP contribution in [0.25, 0.3) is 10.9 Å². The van der Waals surface area contributed by atoms with Gasteiger partial charge in [-0.1, -0.05) is 66.7 Å². The Kier molecular flexibility index (Phi) is 3.82. The molecule has 1 aromatic heterocycles. The molecule has 5 nitrogen and oxygen atoms in total. The lowest BCUT2D eigenvalue weighted by Gasteiger charge is -2.35. The van der Waals surface area contributed by atoms with Gasteiger partial charge in [0, 0.05) is 27.1 Å². The van der Waals surface area contributed by atoms with Crippen LogP contribution in [0.2, 0.25) is 0 Å². The summed E-state index contributed by atoms with van der Waals surface area (Å²) in [5, 5.41) is 13.4. The highest BCUT2D eigenvalue weighted by molar-refractivity contribution is 5.86. The van der Waals surface area contributed by atoms with E-state index in [1.165, 1.54) is 0 Å². The molecular formula is C24H20N2O3. The van der Waals surface area contributed by atoms with Gasteiger partial charge >= 0.3 is 0 Å². The van der Waals surface area contributed by atoms with Crippen LogP contribution >= 0.6 is 0 Å². The molecule has 2 heterocycles. The van der Waals surface area contributed by atoms with Crippen molar-refractivity contribution < 1.29 is 11.0 Å². The monoisotopic (exact) mass is 385 g/mol. The van der Waals surface area contributed by atoms with E-state index in [0.717, 1.165) is 22.2 Å². The number of hydrogen-bond acceptors (Lipinski definition) is 3. The Morgan fingerprint density at radius 1 is 1.00 bits per heavy atom. The summed E-state index contributed by atoms with van der Waals surface area (Å²) in [4.78, 5) is 15.4. The smallest absolute Gasteiger partial charge is 0.264 e. The molecule has 144 valence electrons. The normalized spacial score (nSPS) is 23.8. The van der Waals surface area contributed by atoms with Crippen LogP contribution in [0.1, 0.15) is 35.8 Å². The summed E-state index contributed by atoms with van der Waals surface area (Å²) < 4.78 is 15.4. The fourth-order valence-electron chi connectivity index (χ4n) is 4.37. The molecule has 1 N–H and O–H groups in total. The van der Waals surface area contributed by atoms with Crippen molar-refractivity contribution in [1.82, 2.24) is 4.98 Å². The summed E-state index contributed by atoms with van der Waals surface area (Å²) >= 11 is 0. The number of rotatable bonds is 3. The highest BCUT2D eigenvalue weighted by Gasteiger charge is 2.49. The number of fused-ring (bicyclic) bond motifs is 2. The zero-order valence-electron chi connectivity index (χ0n) is 16.8. The molecule has 0 fully saturated rings. The van der Waals surface area contributed by atoms with E-state index in [1.54, 1.807) is 12.1 Å².